The largest absolute Gasteiger partial charge is 0.477 e. The predicted octanol–water partition coefficient (Wildman–Crippen LogP) is 4.49. The maximum atomic E-state index is 11.1. The summed E-state index contributed by atoms with van der Waals surface area (Å²) in [6.07, 6.45) is 0.215. The number of rotatable bonds is 4. The number of thiocarbonyl (C=S) groups is 1. The Morgan fingerprint density at radius 3 is 2.50 bits per heavy atom. The molecule has 0 amide bonds. The zero-order valence-corrected chi connectivity index (χ0v) is 13.0. The average molecular weight is 330 g/mol. The Hall–Kier alpha value is -2.17. The summed E-state index contributed by atoms with van der Waals surface area (Å²) in [6, 6.07) is 15.2. The van der Waals surface area contributed by atoms with E-state index >= 15 is 0 Å². The monoisotopic (exact) mass is 329 g/mol. The number of aliphatic carboxylic acids is 1. The Bertz CT molecular complexity index is 868. The Morgan fingerprint density at radius 1 is 1.14 bits per heavy atom. The van der Waals surface area contributed by atoms with Crippen LogP contribution in [0.15, 0.2) is 48.5 Å². The average Bonchev–Trinajstić information content (AvgIpc) is 2.87. The number of hydrogen-bond acceptors (Lipinski definition) is 2. The number of nitrogens with one attached hydrogen (secondary N) is 1. The Balaban J connectivity index is 2.18. The quantitative estimate of drug-likeness (QED) is 0.694. The number of carbonyl (C=O) groups is 1. The summed E-state index contributed by atoms with van der Waals surface area (Å²) < 4.78 is 0. The summed E-state index contributed by atoms with van der Waals surface area (Å²) in [4.78, 5) is 14.4. The minimum atomic E-state index is -1.05. The lowest BCUT2D eigenvalue weighted by molar-refractivity contribution is -0.129. The van der Waals surface area contributed by atoms with Crippen molar-refractivity contribution in [3.63, 3.8) is 0 Å². The number of aromatic nitrogens is 1. The first-order valence-electron chi connectivity index (χ1n) is 6.68. The fraction of sp³-hybridized carbons (Fsp3) is 0.0588. The highest BCUT2D eigenvalue weighted by Gasteiger charge is 2.17. The Morgan fingerprint density at radius 2 is 1.82 bits per heavy atom. The SMILES string of the molecule is O=C(O)C(=S)Cc1c(-c2ccc(Cl)cc2)[nH]c2ccccc12. The molecule has 0 bridgehead atoms. The van der Waals surface area contributed by atoms with Crippen LogP contribution in [0.4, 0.5) is 0 Å². The van der Waals surface area contributed by atoms with Crippen molar-refractivity contribution in [2.75, 3.05) is 0 Å². The molecule has 0 atom stereocenters. The molecule has 0 saturated heterocycles. The number of fused-ring (bicyclic) bond motifs is 1. The van der Waals surface area contributed by atoms with Crippen LogP contribution in [0.2, 0.25) is 5.02 Å². The third-order valence-corrected chi connectivity index (χ3v) is 4.09. The fourth-order valence-corrected chi connectivity index (χ4v) is 2.75. The number of para-hydroxylation sites is 1. The second-order valence-corrected chi connectivity index (χ2v) is 5.87. The highest BCUT2D eigenvalue weighted by Crippen LogP contribution is 2.31. The van der Waals surface area contributed by atoms with Crippen LogP contribution >= 0.6 is 23.8 Å². The van der Waals surface area contributed by atoms with Crippen molar-refractivity contribution in [3.8, 4) is 11.3 Å². The molecule has 3 aromatic rings. The highest BCUT2D eigenvalue weighted by atomic mass is 35.5. The second kappa shape index (κ2) is 5.91. The highest BCUT2D eigenvalue weighted by molar-refractivity contribution is 7.82. The molecule has 2 aromatic carbocycles. The molecule has 3 nitrogen and oxygen atoms in total. The Labute approximate surface area is 137 Å². The van der Waals surface area contributed by atoms with Gasteiger partial charge in [0, 0.05) is 22.3 Å². The summed E-state index contributed by atoms with van der Waals surface area (Å²) in [7, 11) is 0. The smallest absolute Gasteiger partial charge is 0.342 e. The first kappa shape index (κ1) is 14.8. The molecule has 0 aliphatic heterocycles. The maximum Gasteiger partial charge on any atom is 0.342 e. The van der Waals surface area contributed by atoms with Gasteiger partial charge in [-0.05, 0) is 29.3 Å². The lowest BCUT2D eigenvalue weighted by Crippen LogP contribution is -2.13. The minimum absolute atomic E-state index is 0.0000309. The van der Waals surface area contributed by atoms with Gasteiger partial charge in [-0.15, -0.1) is 0 Å². The summed E-state index contributed by atoms with van der Waals surface area (Å²) in [5.74, 6) is -1.05. The molecule has 0 saturated carbocycles. The molecule has 0 unspecified atom stereocenters. The third-order valence-electron chi connectivity index (χ3n) is 3.52. The number of aromatic amines is 1. The number of halogens is 1. The van der Waals surface area contributed by atoms with Crippen molar-refractivity contribution in [2.45, 2.75) is 6.42 Å². The maximum absolute atomic E-state index is 11.1. The van der Waals surface area contributed by atoms with Crippen LogP contribution in [0.25, 0.3) is 22.2 Å². The lowest BCUT2D eigenvalue weighted by atomic mass is 10.0. The van der Waals surface area contributed by atoms with Crippen LogP contribution in [-0.2, 0) is 11.2 Å². The Kier molecular flexibility index (Phi) is 3.96. The van der Waals surface area contributed by atoms with Gasteiger partial charge >= 0.3 is 5.97 Å². The summed E-state index contributed by atoms with van der Waals surface area (Å²) >= 11 is 10.9. The van der Waals surface area contributed by atoms with Crippen molar-refractivity contribution in [1.29, 1.82) is 0 Å². The number of hydrogen-bond donors (Lipinski definition) is 2. The van der Waals surface area contributed by atoms with Gasteiger partial charge in [0.05, 0.1) is 5.69 Å². The van der Waals surface area contributed by atoms with Gasteiger partial charge in [0.15, 0.2) is 0 Å². The van der Waals surface area contributed by atoms with E-state index in [1.165, 1.54) is 0 Å². The molecule has 0 radical (unpaired) electrons. The van der Waals surface area contributed by atoms with E-state index in [4.69, 9.17) is 28.9 Å². The van der Waals surface area contributed by atoms with E-state index in [-0.39, 0.29) is 11.3 Å². The van der Waals surface area contributed by atoms with E-state index < -0.39 is 5.97 Å². The molecule has 110 valence electrons. The zero-order chi connectivity index (χ0) is 15.7. The molecule has 0 fully saturated rings. The number of carboxylic acids is 1. The molecule has 22 heavy (non-hydrogen) atoms. The van der Waals surface area contributed by atoms with Gasteiger partial charge in [0.25, 0.3) is 0 Å². The normalized spacial score (nSPS) is 10.8. The van der Waals surface area contributed by atoms with Crippen molar-refractivity contribution in [2.24, 2.45) is 0 Å². The molecule has 0 spiro atoms. The van der Waals surface area contributed by atoms with Crippen LogP contribution in [0.3, 0.4) is 0 Å². The first-order valence-corrected chi connectivity index (χ1v) is 7.46. The van der Waals surface area contributed by atoms with E-state index in [9.17, 15) is 4.79 Å². The molecular weight excluding hydrogens is 318 g/mol. The van der Waals surface area contributed by atoms with Crippen LogP contribution in [0, 0.1) is 0 Å². The van der Waals surface area contributed by atoms with Gasteiger partial charge in [-0.1, -0.05) is 54.2 Å². The first-order chi connectivity index (χ1) is 10.6. The topological polar surface area (TPSA) is 53.1 Å². The van der Waals surface area contributed by atoms with Gasteiger partial charge in [0.2, 0.25) is 0 Å². The molecule has 1 aromatic heterocycles. The number of benzene rings is 2. The van der Waals surface area contributed by atoms with E-state index in [1.807, 2.05) is 48.5 Å². The molecule has 3 rings (SSSR count). The molecule has 0 aliphatic rings. The lowest BCUT2D eigenvalue weighted by Gasteiger charge is -2.05. The van der Waals surface area contributed by atoms with Gasteiger partial charge in [0.1, 0.15) is 4.86 Å². The van der Waals surface area contributed by atoms with Crippen LogP contribution < -0.4 is 0 Å². The van der Waals surface area contributed by atoms with Gasteiger partial charge in [-0.3, -0.25) is 0 Å². The van der Waals surface area contributed by atoms with E-state index in [2.05, 4.69) is 4.98 Å². The molecule has 0 aliphatic carbocycles. The molecule has 1 heterocycles. The summed E-state index contributed by atoms with van der Waals surface area (Å²) in [6.45, 7) is 0. The summed E-state index contributed by atoms with van der Waals surface area (Å²) in [5.41, 5.74) is 3.67. The second-order valence-electron chi connectivity index (χ2n) is 4.94. The fourth-order valence-electron chi connectivity index (χ4n) is 2.48. The van der Waals surface area contributed by atoms with Crippen LogP contribution in [0.5, 0.6) is 0 Å². The zero-order valence-electron chi connectivity index (χ0n) is 11.5. The molecule has 2 N–H and O–H groups in total. The van der Waals surface area contributed by atoms with Gasteiger partial charge in [-0.2, -0.15) is 0 Å². The van der Waals surface area contributed by atoms with E-state index in [0.29, 0.717) is 5.02 Å². The number of carboxylic acid groups (broad SMARTS) is 1. The minimum Gasteiger partial charge on any atom is -0.477 e. The van der Waals surface area contributed by atoms with E-state index in [0.717, 1.165) is 27.7 Å². The third kappa shape index (κ3) is 2.75. The van der Waals surface area contributed by atoms with Crippen LogP contribution in [-0.4, -0.2) is 20.9 Å². The molecule has 5 heteroatoms. The van der Waals surface area contributed by atoms with Crippen molar-refractivity contribution in [3.05, 3.63) is 59.1 Å². The van der Waals surface area contributed by atoms with Crippen molar-refractivity contribution < 1.29 is 9.90 Å². The number of H-pyrrole nitrogens is 1. The van der Waals surface area contributed by atoms with Crippen molar-refractivity contribution in [1.82, 2.24) is 4.98 Å². The van der Waals surface area contributed by atoms with E-state index in [1.54, 1.807) is 0 Å². The summed E-state index contributed by atoms with van der Waals surface area (Å²) in [5, 5.41) is 10.7. The predicted molar refractivity (Wildman–Crippen MR) is 92.7 cm³/mol. The van der Waals surface area contributed by atoms with Crippen molar-refractivity contribution >= 4 is 45.6 Å². The van der Waals surface area contributed by atoms with Gasteiger partial charge < -0.3 is 10.1 Å². The molecular formula is C17H12ClNO2S. The van der Waals surface area contributed by atoms with Crippen LogP contribution in [0.1, 0.15) is 5.56 Å². The standard InChI is InChI=1S/C17H12ClNO2S/c18-11-7-5-10(6-8-11)16-13(9-15(22)17(20)21)12-3-1-2-4-14(12)19-16/h1-8,19H,9H2,(H,20,21). The van der Waals surface area contributed by atoms with Gasteiger partial charge in [-0.25, -0.2) is 4.79 Å².